The fourth-order valence-corrected chi connectivity index (χ4v) is 4.90. The molecule has 0 aliphatic heterocycles. The second kappa shape index (κ2) is 7.87. The summed E-state index contributed by atoms with van der Waals surface area (Å²) in [5.74, 6) is 1.17. The lowest BCUT2D eigenvalue weighted by Crippen LogP contribution is -2.00. The Balaban J connectivity index is 1.57. The summed E-state index contributed by atoms with van der Waals surface area (Å²) in [6.07, 6.45) is 11.0. The minimum Gasteiger partial charge on any atom is -0.507 e. The van der Waals surface area contributed by atoms with Crippen LogP contribution >= 0.6 is 0 Å². The van der Waals surface area contributed by atoms with E-state index in [0.29, 0.717) is 18.1 Å². The number of benzene rings is 2. The molecule has 2 atom stereocenters. The number of ketones is 1. The van der Waals surface area contributed by atoms with Crippen molar-refractivity contribution in [2.75, 3.05) is 0 Å². The van der Waals surface area contributed by atoms with Crippen molar-refractivity contribution in [2.24, 2.45) is 0 Å². The van der Waals surface area contributed by atoms with Crippen LogP contribution in [-0.2, 0) is 4.79 Å². The number of aromatic hydroxyl groups is 1. The standard InChI is InChI=1S/C27H28O2/c1-4-22-18(3)23-8-6-10-26(29)27(23)24(22)9-5-7-19-11-12-20-13-14-21(15-17(2)28)25(20)16-19/h5-8,10-14,16,18,21,29H,4,9,15H2,1-3H3. The molecule has 2 nitrogen and oxygen atoms in total. The summed E-state index contributed by atoms with van der Waals surface area (Å²) in [6.45, 7) is 6.09. The lowest BCUT2D eigenvalue weighted by molar-refractivity contribution is -0.117. The highest BCUT2D eigenvalue weighted by Gasteiger charge is 2.28. The maximum atomic E-state index is 11.6. The van der Waals surface area contributed by atoms with Gasteiger partial charge < -0.3 is 5.11 Å². The van der Waals surface area contributed by atoms with Crippen LogP contribution in [0.2, 0.25) is 0 Å². The van der Waals surface area contributed by atoms with E-state index >= 15 is 0 Å². The van der Waals surface area contributed by atoms with Gasteiger partial charge in [0.25, 0.3) is 0 Å². The van der Waals surface area contributed by atoms with Crippen LogP contribution in [0.15, 0.2) is 54.1 Å². The topological polar surface area (TPSA) is 37.3 Å². The van der Waals surface area contributed by atoms with E-state index in [1.54, 1.807) is 13.0 Å². The average molecular weight is 385 g/mol. The van der Waals surface area contributed by atoms with Crippen LogP contribution in [0.1, 0.15) is 79.7 Å². The molecule has 0 saturated heterocycles. The van der Waals surface area contributed by atoms with E-state index in [2.05, 4.69) is 62.4 Å². The van der Waals surface area contributed by atoms with Crippen molar-refractivity contribution >= 4 is 23.5 Å². The Bertz CT molecular complexity index is 1050. The first-order valence-electron chi connectivity index (χ1n) is 10.5. The van der Waals surface area contributed by atoms with Gasteiger partial charge in [0.15, 0.2) is 0 Å². The van der Waals surface area contributed by atoms with Gasteiger partial charge in [-0.05, 0) is 53.7 Å². The van der Waals surface area contributed by atoms with Crippen LogP contribution in [0.4, 0.5) is 0 Å². The van der Waals surface area contributed by atoms with Gasteiger partial charge in [-0.15, -0.1) is 0 Å². The number of carbonyl (C=O) groups excluding carboxylic acids is 1. The van der Waals surface area contributed by atoms with Crippen molar-refractivity contribution in [1.82, 2.24) is 0 Å². The van der Waals surface area contributed by atoms with E-state index in [9.17, 15) is 9.90 Å². The molecule has 148 valence electrons. The molecular formula is C27H28O2. The third-order valence-corrected chi connectivity index (χ3v) is 6.29. The molecule has 0 bridgehead atoms. The van der Waals surface area contributed by atoms with Crippen molar-refractivity contribution in [1.29, 1.82) is 0 Å². The molecule has 4 rings (SSSR count). The van der Waals surface area contributed by atoms with Gasteiger partial charge in [0.1, 0.15) is 11.5 Å². The minimum absolute atomic E-state index is 0.199. The summed E-state index contributed by atoms with van der Waals surface area (Å²) in [6, 6.07) is 12.3. The number of rotatable bonds is 6. The summed E-state index contributed by atoms with van der Waals surface area (Å²) >= 11 is 0. The smallest absolute Gasteiger partial charge is 0.130 e. The Hall–Kier alpha value is -2.87. The lowest BCUT2D eigenvalue weighted by Gasteiger charge is -2.10. The number of hydrogen-bond donors (Lipinski definition) is 1. The first-order chi connectivity index (χ1) is 14.0. The Morgan fingerprint density at radius 3 is 2.76 bits per heavy atom. The van der Waals surface area contributed by atoms with Crippen LogP contribution in [-0.4, -0.2) is 10.9 Å². The van der Waals surface area contributed by atoms with Gasteiger partial charge >= 0.3 is 0 Å². The monoisotopic (exact) mass is 384 g/mol. The predicted molar refractivity (Wildman–Crippen MR) is 121 cm³/mol. The number of fused-ring (bicyclic) bond motifs is 2. The summed E-state index contributed by atoms with van der Waals surface area (Å²) in [7, 11) is 0. The van der Waals surface area contributed by atoms with Crippen LogP contribution in [0.5, 0.6) is 5.75 Å². The molecular weight excluding hydrogens is 356 g/mol. The van der Waals surface area contributed by atoms with Gasteiger partial charge in [-0.1, -0.05) is 74.1 Å². The number of Topliss-reactive ketones (excluding diaryl/α,β-unsaturated/α-hetero) is 1. The van der Waals surface area contributed by atoms with E-state index in [-0.39, 0.29) is 11.7 Å². The van der Waals surface area contributed by atoms with Gasteiger partial charge in [0, 0.05) is 23.8 Å². The van der Waals surface area contributed by atoms with E-state index < -0.39 is 0 Å². The zero-order valence-electron chi connectivity index (χ0n) is 17.4. The van der Waals surface area contributed by atoms with Gasteiger partial charge in [-0.25, -0.2) is 0 Å². The Kier molecular flexibility index (Phi) is 5.27. The molecule has 2 heteroatoms. The fourth-order valence-electron chi connectivity index (χ4n) is 4.90. The largest absolute Gasteiger partial charge is 0.507 e. The fraction of sp³-hybridized carbons (Fsp3) is 0.296. The molecule has 29 heavy (non-hydrogen) atoms. The maximum Gasteiger partial charge on any atom is 0.130 e. The van der Waals surface area contributed by atoms with Crippen LogP contribution in [0.3, 0.4) is 0 Å². The van der Waals surface area contributed by atoms with Gasteiger partial charge in [0.2, 0.25) is 0 Å². The molecule has 2 aliphatic carbocycles. The summed E-state index contributed by atoms with van der Waals surface area (Å²) in [4.78, 5) is 11.6. The van der Waals surface area contributed by atoms with E-state index in [4.69, 9.17) is 0 Å². The molecule has 2 aromatic rings. The Morgan fingerprint density at radius 1 is 1.17 bits per heavy atom. The van der Waals surface area contributed by atoms with Crippen molar-refractivity contribution in [3.05, 3.63) is 81.9 Å². The number of phenolic OH excluding ortho intramolecular Hbond substituents is 1. The van der Waals surface area contributed by atoms with Gasteiger partial charge in [-0.2, -0.15) is 0 Å². The zero-order chi connectivity index (χ0) is 20.5. The highest BCUT2D eigenvalue weighted by Crippen LogP contribution is 2.48. The molecule has 0 radical (unpaired) electrons. The minimum atomic E-state index is 0.199. The number of hydrogen-bond acceptors (Lipinski definition) is 2. The average Bonchev–Trinajstić information content (AvgIpc) is 3.21. The Labute approximate surface area is 173 Å². The second-order valence-corrected chi connectivity index (χ2v) is 8.19. The molecule has 0 saturated carbocycles. The van der Waals surface area contributed by atoms with E-state index in [1.165, 1.54) is 27.8 Å². The molecule has 0 aromatic heterocycles. The van der Waals surface area contributed by atoms with Crippen LogP contribution in [0, 0.1) is 0 Å². The SMILES string of the molecule is CCC1=C(CC=Cc2ccc3c(c2)C(CC(C)=O)C=C3)c2c(O)cccc2C1C. The quantitative estimate of drug-likeness (QED) is 0.590. The molecule has 2 aromatic carbocycles. The molecule has 2 aliphatic rings. The summed E-state index contributed by atoms with van der Waals surface area (Å²) in [5.41, 5.74) is 8.57. The molecule has 0 spiro atoms. The molecule has 1 N–H and O–H groups in total. The van der Waals surface area contributed by atoms with E-state index in [0.717, 1.165) is 24.0 Å². The lowest BCUT2D eigenvalue weighted by atomic mass is 9.94. The van der Waals surface area contributed by atoms with Crippen molar-refractivity contribution in [2.45, 2.75) is 51.9 Å². The van der Waals surface area contributed by atoms with Crippen molar-refractivity contribution in [3.8, 4) is 5.75 Å². The third kappa shape index (κ3) is 3.60. The van der Waals surface area contributed by atoms with Crippen molar-refractivity contribution in [3.63, 3.8) is 0 Å². The van der Waals surface area contributed by atoms with Crippen LogP contribution in [0.25, 0.3) is 17.7 Å². The molecule has 2 unspecified atom stereocenters. The summed E-state index contributed by atoms with van der Waals surface area (Å²) in [5, 5.41) is 10.5. The maximum absolute atomic E-state index is 11.6. The zero-order valence-corrected chi connectivity index (χ0v) is 17.4. The summed E-state index contributed by atoms with van der Waals surface area (Å²) < 4.78 is 0. The first-order valence-corrected chi connectivity index (χ1v) is 10.5. The number of phenols is 1. The molecule has 0 amide bonds. The highest BCUT2D eigenvalue weighted by atomic mass is 16.3. The van der Waals surface area contributed by atoms with E-state index in [1.807, 2.05) is 6.07 Å². The second-order valence-electron chi connectivity index (χ2n) is 8.19. The normalized spacial score (nSPS) is 19.8. The Morgan fingerprint density at radius 2 is 2.00 bits per heavy atom. The van der Waals surface area contributed by atoms with Crippen LogP contribution < -0.4 is 0 Å². The third-order valence-electron chi connectivity index (χ3n) is 6.29. The van der Waals surface area contributed by atoms with Crippen molar-refractivity contribution < 1.29 is 9.90 Å². The predicted octanol–water partition coefficient (Wildman–Crippen LogP) is 6.87. The van der Waals surface area contributed by atoms with Gasteiger partial charge in [-0.3, -0.25) is 4.79 Å². The number of allylic oxidation sites excluding steroid dienone is 4. The first kappa shape index (κ1) is 19.4. The molecule has 0 heterocycles. The number of carbonyl (C=O) groups is 1. The van der Waals surface area contributed by atoms with Gasteiger partial charge in [0.05, 0.1) is 0 Å². The highest BCUT2D eigenvalue weighted by molar-refractivity contribution is 5.83. The molecule has 0 fully saturated rings.